The zero-order valence-electron chi connectivity index (χ0n) is 31.6. The molecule has 270 valence electrons. The van der Waals surface area contributed by atoms with Crippen LogP contribution in [0, 0.1) is 107 Å². The molecule has 0 N–H and O–H groups in total. The Bertz CT molecular complexity index is 972. The average molecular weight is 655 g/mol. The van der Waals surface area contributed by atoms with Crippen molar-refractivity contribution in [3.05, 3.63) is 0 Å². The van der Waals surface area contributed by atoms with Crippen LogP contribution in [0.5, 0.6) is 0 Å². The minimum absolute atomic E-state index is 1.11. The van der Waals surface area contributed by atoms with Crippen LogP contribution in [0.3, 0.4) is 0 Å². The van der Waals surface area contributed by atoms with Crippen molar-refractivity contribution in [3.8, 4) is 0 Å². The Balaban J connectivity index is 1.02. The zero-order valence-corrected chi connectivity index (χ0v) is 31.6. The summed E-state index contributed by atoms with van der Waals surface area (Å²) in [6.07, 6.45) is 48.7. The first-order chi connectivity index (χ1) is 23.8. The maximum Gasteiger partial charge on any atom is -0.0324 e. The van der Waals surface area contributed by atoms with Crippen LogP contribution in [0.4, 0.5) is 0 Å². The van der Waals surface area contributed by atoms with E-state index in [9.17, 15) is 0 Å². The van der Waals surface area contributed by atoms with Gasteiger partial charge >= 0.3 is 0 Å². The van der Waals surface area contributed by atoms with Crippen LogP contribution in [-0.2, 0) is 0 Å². The SMILES string of the molecule is C1CCC2C(C1)CC(C1CC(C3C4CCCCC4CC4CCCCC43)CC(C3C4CCCCC4CC4CCCCC43)C1)C1CCCCC21. The van der Waals surface area contributed by atoms with E-state index in [0.29, 0.717) is 0 Å². The molecule has 0 saturated heterocycles. The molecule has 0 aromatic carbocycles. The standard InChI is InChI=1S/C48H78/c1-6-18-39-35(17-1)30-46(45-24-12-11-23-44(39)45)36-27-37(47-40-19-7-2-13-31(40)25-32-14-3-8-20-41(32)47)29-38(28-36)48-42-21-9-4-15-33(42)26-34-16-5-10-22-43(34)48/h31-48H,1-30H2. The van der Waals surface area contributed by atoms with Gasteiger partial charge in [-0.2, -0.15) is 0 Å². The van der Waals surface area contributed by atoms with E-state index < -0.39 is 0 Å². The van der Waals surface area contributed by atoms with Crippen LogP contribution in [0.1, 0.15) is 193 Å². The van der Waals surface area contributed by atoms with Gasteiger partial charge in [0.15, 0.2) is 0 Å². The van der Waals surface area contributed by atoms with E-state index in [4.69, 9.17) is 0 Å². The molecular weight excluding hydrogens is 577 g/mol. The van der Waals surface area contributed by atoms with E-state index >= 15 is 0 Å². The van der Waals surface area contributed by atoms with Crippen molar-refractivity contribution in [1.29, 1.82) is 0 Å². The number of hydrogen-bond donors (Lipinski definition) is 0. The molecule has 15 atom stereocenters. The molecule has 0 heteroatoms. The molecule has 0 aliphatic heterocycles. The van der Waals surface area contributed by atoms with E-state index in [1.165, 1.54) is 0 Å². The lowest BCUT2D eigenvalue weighted by atomic mass is 9.45. The van der Waals surface area contributed by atoms with Crippen molar-refractivity contribution >= 4 is 0 Å². The summed E-state index contributed by atoms with van der Waals surface area (Å²) >= 11 is 0. The molecule has 10 fully saturated rings. The molecule has 10 rings (SSSR count). The van der Waals surface area contributed by atoms with Crippen molar-refractivity contribution in [2.24, 2.45) is 107 Å². The first-order valence-electron chi connectivity index (χ1n) is 23.8. The fourth-order valence-electron chi connectivity index (χ4n) is 18.8. The lowest BCUT2D eigenvalue weighted by molar-refractivity contribution is -0.109. The second kappa shape index (κ2) is 14.1. The Labute approximate surface area is 298 Å². The van der Waals surface area contributed by atoms with E-state index in [0.717, 1.165) is 107 Å². The number of fused-ring (bicyclic) bond motifs is 7. The molecule has 10 saturated carbocycles. The van der Waals surface area contributed by atoms with Crippen LogP contribution >= 0.6 is 0 Å². The van der Waals surface area contributed by atoms with Crippen LogP contribution in [0.2, 0.25) is 0 Å². The lowest BCUT2D eigenvalue weighted by Gasteiger charge is -2.60. The van der Waals surface area contributed by atoms with Gasteiger partial charge in [-0.3, -0.25) is 0 Å². The summed E-state index contributed by atoms with van der Waals surface area (Å²) in [7, 11) is 0. The maximum absolute atomic E-state index is 1.72. The molecule has 10 aliphatic carbocycles. The topological polar surface area (TPSA) is 0 Å². The van der Waals surface area contributed by atoms with E-state index in [-0.39, 0.29) is 0 Å². The van der Waals surface area contributed by atoms with E-state index in [1.54, 1.807) is 193 Å². The Morgan fingerprint density at radius 2 is 0.438 bits per heavy atom. The Morgan fingerprint density at radius 3 is 0.854 bits per heavy atom. The molecular formula is C48H78. The van der Waals surface area contributed by atoms with Gasteiger partial charge < -0.3 is 0 Å². The number of hydrogen-bond acceptors (Lipinski definition) is 0. The fourth-order valence-corrected chi connectivity index (χ4v) is 18.8. The minimum Gasteiger partial charge on any atom is -0.0530 e. The predicted octanol–water partition coefficient (Wildman–Crippen LogP) is 13.9. The third kappa shape index (κ3) is 5.87. The largest absolute Gasteiger partial charge is 0.0530 e. The lowest BCUT2D eigenvalue weighted by Crippen LogP contribution is -2.52. The summed E-state index contributed by atoms with van der Waals surface area (Å²) in [5, 5.41) is 0. The molecule has 0 radical (unpaired) electrons. The van der Waals surface area contributed by atoms with Crippen LogP contribution in [0.15, 0.2) is 0 Å². The normalized spacial score (nSPS) is 55.5. The molecule has 0 bridgehead atoms. The quantitative estimate of drug-likeness (QED) is 0.284. The highest BCUT2D eigenvalue weighted by molar-refractivity contribution is 5.05. The van der Waals surface area contributed by atoms with E-state index in [2.05, 4.69) is 0 Å². The first kappa shape index (κ1) is 32.6. The molecule has 0 nitrogen and oxygen atoms in total. The second-order valence-electron chi connectivity index (χ2n) is 21.7. The summed E-state index contributed by atoms with van der Waals surface area (Å²) in [5.74, 6) is 20.3. The molecule has 48 heavy (non-hydrogen) atoms. The highest BCUT2D eigenvalue weighted by Crippen LogP contribution is 2.65. The van der Waals surface area contributed by atoms with Gasteiger partial charge in [0.25, 0.3) is 0 Å². The molecule has 0 amide bonds. The predicted molar refractivity (Wildman–Crippen MR) is 201 cm³/mol. The van der Waals surface area contributed by atoms with Gasteiger partial charge in [0.2, 0.25) is 0 Å². The van der Waals surface area contributed by atoms with Gasteiger partial charge in [0.1, 0.15) is 0 Å². The molecule has 0 aromatic rings. The van der Waals surface area contributed by atoms with E-state index in [1.807, 2.05) is 0 Å². The zero-order chi connectivity index (χ0) is 31.6. The average Bonchev–Trinajstić information content (AvgIpc) is 3.15. The van der Waals surface area contributed by atoms with Gasteiger partial charge in [0.05, 0.1) is 0 Å². The van der Waals surface area contributed by atoms with Crippen molar-refractivity contribution in [2.75, 3.05) is 0 Å². The Hall–Kier alpha value is 0. The highest BCUT2D eigenvalue weighted by atomic mass is 14.6. The monoisotopic (exact) mass is 655 g/mol. The summed E-state index contributed by atoms with van der Waals surface area (Å²) in [6, 6.07) is 0. The molecule has 10 aliphatic rings. The van der Waals surface area contributed by atoms with Gasteiger partial charge in [-0.25, -0.2) is 0 Å². The Kier molecular flexibility index (Phi) is 9.58. The third-order valence-corrected chi connectivity index (χ3v) is 20.1. The minimum atomic E-state index is 1.11. The second-order valence-corrected chi connectivity index (χ2v) is 21.7. The Morgan fingerprint density at radius 1 is 0.167 bits per heavy atom. The van der Waals surface area contributed by atoms with Crippen molar-refractivity contribution in [1.82, 2.24) is 0 Å². The maximum atomic E-state index is 1.72. The number of rotatable bonds is 3. The smallest absolute Gasteiger partial charge is 0.0324 e. The summed E-state index contributed by atoms with van der Waals surface area (Å²) in [5.41, 5.74) is 0. The molecule has 15 unspecified atom stereocenters. The molecule has 0 heterocycles. The fraction of sp³-hybridized carbons (Fsp3) is 1.00. The third-order valence-electron chi connectivity index (χ3n) is 20.1. The first-order valence-corrected chi connectivity index (χ1v) is 23.8. The molecule has 0 spiro atoms. The van der Waals surface area contributed by atoms with Gasteiger partial charge in [-0.05, 0) is 190 Å². The molecule has 0 aromatic heterocycles. The van der Waals surface area contributed by atoms with Gasteiger partial charge in [-0.15, -0.1) is 0 Å². The van der Waals surface area contributed by atoms with Crippen molar-refractivity contribution in [2.45, 2.75) is 193 Å². The van der Waals surface area contributed by atoms with Crippen LogP contribution in [0.25, 0.3) is 0 Å². The summed E-state index contributed by atoms with van der Waals surface area (Å²) < 4.78 is 0. The van der Waals surface area contributed by atoms with Crippen molar-refractivity contribution < 1.29 is 0 Å². The van der Waals surface area contributed by atoms with Gasteiger partial charge in [0, 0.05) is 0 Å². The summed E-state index contributed by atoms with van der Waals surface area (Å²) in [4.78, 5) is 0. The van der Waals surface area contributed by atoms with Crippen LogP contribution < -0.4 is 0 Å². The van der Waals surface area contributed by atoms with Crippen LogP contribution in [-0.4, -0.2) is 0 Å². The summed E-state index contributed by atoms with van der Waals surface area (Å²) in [6.45, 7) is 0. The van der Waals surface area contributed by atoms with Gasteiger partial charge in [-0.1, -0.05) is 109 Å². The van der Waals surface area contributed by atoms with Crippen molar-refractivity contribution in [3.63, 3.8) is 0 Å². The highest BCUT2D eigenvalue weighted by Gasteiger charge is 2.56.